The number of rotatable bonds is 4. The molecule has 0 radical (unpaired) electrons. The molecule has 3 rings (SSSR count). The third-order valence-corrected chi connectivity index (χ3v) is 6.72. The van der Waals surface area contributed by atoms with Crippen molar-refractivity contribution in [2.75, 3.05) is 23.7 Å². The number of hydrogen-bond acceptors (Lipinski definition) is 6. The standard InChI is InChI=1S/C19H23ClN4O3S/c1-19(2)7-9-24(10-8-19)18-22-15(21)14(16(25)23(18)3)28-12-6-4-5-11(13(12)20)17(26)27/h4-6H,7-10,21H2,1-3H3,(H,26,27). The van der Waals surface area contributed by atoms with Crippen LogP contribution < -0.4 is 16.2 Å². The van der Waals surface area contributed by atoms with Crippen LogP contribution in [0.5, 0.6) is 0 Å². The summed E-state index contributed by atoms with van der Waals surface area (Å²) in [6, 6.07) is 4.64. The van der Waals surface area contributed by atoms with Gasteiger partial charge in [0.25, 0.3) is 5.56 Å². The van der Waals surface area contributed by atoms with Gasteiger partial charge in [0.05, 0.1) is 10.6 Å². The highest BCUT2D eigenvalue weighted by atomic mass is 35.5. The Morgan fingerprint density at radius 3 is 2.57 bits per heavy atom. The molecule has 2 heterocycles. The fraction of sp³-hybridized carbons (Fsp3) is 0.421. The fourth-order valence-corrected chi connectivity index (χ4v) is 4.40. The average Bonchev–Trinajstić information content (AvgIpc) is 2.63. The molecule has 28 heavy (non-hydrogen) atoms. The Bertz CT molecular complexity index is 980. The molecule has 0 saturated carbocycles. The highest BCUT2D eigenvalue weighted by Gasteiger charge is 2.28. The zero-order valence-corrected chi connectivity index (χ0v) is 17.6. The van der Waals surface area contributed by atoms with Crippen molar-refractivity contribution in [1.29, 1.82) is 0 Å². The number of carbonyl (C=O) groups is 1. The minimum atomic E-state index is -1.13. The molecule has 1 aromatic carbocycles. The molecule has 150 valence electrons. The predicted molar refractivity (Wildman–Crippen MR) is 112 cm³/mol. The maximum Gasteiger partial charge on any atom is 0.337 e. The third-order valence-electron chi connectivity index (χ3n) is 5.06. The number of carboxylic acid groups (broad SMARTS) is 1. The molecule has 0 aliphatic carbocycles. The van der Waals surface area contributed by atoms with E-state index in [0.717, 1.165) is 37.7 Å². The lowest BCUT2D eigenvalue weighted by atomic mass is 9.83. The van der Waals surface area contributed by atoms with Crippen molar-refractivity contribution in [3.63, 3.8) is 0 Å². The number of nitrogens with two attached hydrogens (primary N) is 1. The molecule has 1 fully saturated rings. The number of aromatic carboxylic acids is 1. The largest absolute Gasteiger partial charge is 0.478 e. The molecule has 0 atom stereocenters. The number of anilines is 2. The number of piperidine rings is 1. The number of carboxylic acids is 1. The number of nitrogen functional groups attached to an aromatic ring is 1. The van der Waals surface area contributed by atoms with Crippen molar-refractivity contribution in [2.45, 2.75) is 36.5 Å². The van der Waals surface area contributed by atoms with Crippen molar-refractivity contribution in [3.05, 3.63) is 39.1 Å². The first kappa shape index (κ1) is 20.5. The smallest absolute Gasteiger partial charge is 0.337 e. The van der Waals surface area contributed by atoms with E-state index in [-0.39, 0.29) is 32.3 Å². The number of nitrogens with zero attached hydrogens (tertiary/aromatic N) is 3. The summed E-state index contributed by atoms with van der Waals surface area (Å²) >= 11 is 7.23. The summed E-state index contributed by atoms with van der Waals surface area (Å²) in [5, 5.41) is 9.30. The van der Waals surface area contributed by atoms with E-state index in [2.05, 4.69) is 23.7 Å². The molecule has 2 aromatic rings. The van der Waals surface area contributed by atoms with E-state index in [9.17, 15) is 14.7 Å². The number of benzene rings is 1. The summed E-state index contributed by atoms with van der Waals surface area (Å²) < 4.78 is 1.49. The lowest BCUT2D eigenvalue weighted by Gasteiger charge is -2.37. The van der Waals surface area contributed by atoms with E-state index in [1.807, 2.05) is 0 Å². The molecule has 7 nitrogen and oxygen atoms in total. The Morgan fingerprint density at radius 2 is 1.96 bits per heavy atom. The van der Waals surface area contributed by atoms with E-state index < -0.39 is 5.97 Å². The van der Waals surface area contributed by atoms with Gasteiger partial charge in [-0.15, -0.1) is 0 Å². The average molecular weight is 423 g/mol. The molecule has 1 aliphatic rings. The normalized spacial score (nSPS) is 16.2. The minimum absolute atomic E-state index is 0.0254. The molecule has 0 amide bonds. The molecular formula is C19H23ClN4O3S. The molecule has 1 aliphatic heterocycles. The van der Waals surface area contributed by atoms with Crippen LogP contribution in [0, 0.1) is 5.41 Å². The van der Waals surface area contributed by atoms with E-state index in [0.29, 0.717) is 10.8 Å². The summed E-state index contributed by atoms with van der Waals surface area (Å²) in [5.41, 5.74) is 6.09. The van der Waals surface area contributed by atoms with Gasteiger partial charge in [-0.3, -0.25) is 9.36 Å². The van der Waals surface area contributed by atoms with Crippen molar-refractivity contribution < 1.29 is 9.90 Å². The van der Waals surface area contributed by atoms with Crippen LogP contribution in [-0.4, -0.2) is 33.7 Å². The Labute approximate surface area is 172 Å². The van der Waals surface area contributed by atoms with Gasteiger partial charge in [0, 0.05) is 25.0 Å². The first-order valence-electron chi connectivity index (χ1n) is 8.92. The van der Waals surface area contributed by atoms with Crippen LogP contribution in [0.15, 0.2) is 32.8 Å². The summed E-state index contributed by atoms with van der Waals surface area (Å²) in [5.74, 6) is -0.465. The first-order chi connectivity index (χ1) is 13.1. The third kappa shape index (κ3) is 3.98. The molecule has 0 unspecified atom stereocenters. The molecule has 9 heteroatoms. The lowest BCUT2D eigenvalue weighted by molar-refractivity contribution is 0.0697. The van der Waals surface area contributed by atoms with Crippen LogP contribution in [0.2, 0.25) is 5.02 Å². The number of aromatic nitrogens is 2. The predicted octanol–water partition coefficient (Wildman–Crippen LogP) is 3.49. The van der Waals surface area contributed by atoms with Gasteiger partial charge in [-0.1, -0.05) is 43.3 Å². The topological polar surface area (TPSA) is 101 Å². The van der Waals surface area contributed by atoms with Crippen molar-refractivity contribution >= 4 is 41.1 Å². The van der Waals surface area contributed by atoms with Gasteiger partial charge in [0.2, 0.25) is 5.95 Å². The van der Waals surface area contributed by atoms with Crippen LogP contribution >= 0.6 is 23.4 Å². The molecule has 1 saturated heterocycles. The molecule has 1 aromatic heterocycles. The second-order valence-electron chi connectivity index (χ2n) is 7.67. The Kier molecular flexibility index (Phi) is 5.63. The van der Waals surface area contributed by atoms with Crippen molar-refractivity contribution in [3.8, 4) is 0 Å². The Hall–Kier alpha value is -2.19. The van der Waals surface area contributed by atoms with Crippen molar-refractivity contribution in [2.24, 2.45) is 12.5 Å². The highest BCUT2D eigenvalue weighted by molar-refractivity contribution is 7.99. The van der Waals surface area contributed by atoms with Crippen LogP contribution in [0.4, 0.5) is 11.8 Å². The number of hydrogen-bond donors (Lipinski definition) is 2. The second-order valence-corrected chi connectivity index (χ2v) is 9.10. The summed E-state index contributed by atoms with van der Waals surface area (Å²) in [7, 11) is 1.67. The van der Waals surface area contributed by atoms with Gasteiger partial charge in [0.15, 0.2) is 0 Å². The van der Waals surface area contributed by atoms with Crippen molar-refractivity contribution in [1.82, 2.24) is 9.55 Å². The zero-order valence-electron chi connectivity index (χ0n) is 16.0. The minimum Gasteiger partial charge on any atom is -0.478 e. The van der Waals surface area contributed by atoms with E-state index in [1.54, 1.807) is 19.2 Å². The van der Waals surface area contributed by atoms with E-state index in [4.69, 9.17) is 17.3 Å². The maximum absolute atomic E-state index is 13.0. The lowest BCUT2D eigenvalue weighted by Crippen LogP contribution is -2.41. The highest BCUT2D eigenvalue weighted by Crippen LogP contribution is 2.37. The van der Waals surface area contributed by atoms with E-state index >= 15 is 0 Å². The SMILES string of the molecule is Cn1c(N2CCC(C)(C)CC2)nc(N)c(Sc2cccc(C(=O)O)c2Cl)c1=O. The molecule has 3 N–H and O–H groups in total. The van der Waals surface area contributed by atoms with Crippen LogP contribution in [-0.2, 0) is 7.05 Å². The summed E-state index contributed by atoms with van der Waals surface area (Å²) in [4.78, 5) is 31.5. The Balaban J connectivity index is 1.95. The number of halogens is 1. The van der Waals surface area contributed by atoms with Gasteiger partial charge in [-0.25, -0.2) is 4.79 Å². The summed E-state index contributed by atoms with van der Waals surface area (Å²) in [6.07, 6.45) is 2.02. The van der Waals surface area contributed by atoms with Gasteiger partial charge in [-0.05, 0) is 30.4 Å². The van der Waals surface area contributed by atoms with Crippen LogP contribution in [0.25, 0.3) is 0 Å². The Morgan fingerprint density at radius 1 is 1.32 bits per heavy atom. The summed E-state index contributed by atoms with van der Waals surface area (Å²) in [6.45, 7) is 6.09. The maximum atomic E-state index is 13.0. The van der Waals surface area contributed by atoms with Gasteiger partial charge < -0.3 is 15.7 Å². The van der Waals surface area contributed by atoms with E-state index in [1.165, 1.54) is 10.6 Å². The van der Waals surface area contributed by atoms with Gasteiger partial charge >= 0.3 is 5.97 Å². The first-order valence-corrected chi connectivity index (χ1v) is 10.1. The van der Waals surface area contributed by atoms with Gasteiger partial charge in [0.1, 0.15) is 10.7 Å². The zero-order chi connectivity index (χ0) is 20.6. The van der Waals surface area contributed by atoms with Crippen LogP contribution in [0.3, 0.4) is 0 Å². The molecule has 0 spiro atoms. The molecule has 0 bridgehead atoms. The van der Waals surface area contributed by atoms with Gasteiger partial charge in [-0.2, -0.15) is 4.98 Å². The quantitative estimate of drug-likeness (QED) is 0.777. The fourth-order valence-electron chi connectivity index (χ4n) is 3.14. The van der Waals surface area contributed by atoms with Crippen LogP contribution in [0.1, 0.15) is 37.0 Å². The molecular weight excluding hydrogens is 400 g/mol. The second kappa shape index (κ2) is 7.67. The monoisotopic (exact) mass is 422 g/mol.